The summed E-state index contributed by atoms with van der Waals surface area (Å²) in [5.74, 6) is -3.20. The quantitative estimate of drug-likeness (QED) is 0.367. The number of amides is 2. The van der Waals surface area contributed by atoms with Crippen LogP contribution in [0.5, 0.6) is 0 Å². The number of hydrogen-bond donors (Lipinski definition) is 3. The molecule has 10 nitrogen and oxygen atoms in total. The molecule has 2 atom stereocenters. The van der Waals surface area contributed by atoms with Crippen LogP contribution in [-0.4, -0.2) is 70.4 Å². The molecule has 0 aliphatic carbocycles. The van der Waals surface area contributed by atoms with E-state index < -0.39 is 42.8 Å². The highest BCUT2D eigenvalue weighted by Gasteiger charge is 2.35. The van der Waals surface area contributed by atoms with Gasteiger partial charge in [0, 0.05) is 31.5 Å². The standard InChI is InChI=1S/C22H24F2N4O2.C5H9NO3/c1-2-18(19-27-21(30-28-19)16-11-7-4-8-12-16)26-20(29)17(25)14-22(23,24)13-15-9-5-3-6-10-15;7-5(8)6-1-3-9-4-2-6/h3-12,17-18H,2,13-14,25H2,1H3,(H,26,29);1-4H2,(H,7,8)/t17-,18-;/m0./s1. The summed E-state index contributed by atoms with van der Waals surface area (Å²) >= 11 is 0. The summed E-state index contributed by atoms with van der Waals surface area (Å²) in [6.45, 7) is 3.91. The smallest absolute Gasteiger partial charge is 0.407 e. The van der Waals surface area contributed by atoms with E-state index in [1.807, 2.05) is 37.3 Å². The molecule has 0 unspecified atom stereocenters. The molecule has 2 aromatic carbocycles. The van der Waals surface area contributed by atoms with E-state index in [1.165, 1.54) is 4.90 Å². The van der Waals surface area contributed by atoms with Gasteiger partial charge in [-0.2, -0.15) is 4.98 Å². The van der Waals surface area contributed by atoms with E-state index in [0.29, 0.717) is 44.2 Å². The lowest BCUT2D eigenvalue weighted by Crippen LogP contribution is -2.45. The van der Waals surface area contributed by atoms with Gasteiger partial charge in [-0.15, -0.1) is 0 Å². The number of nitrogens with zero attached hydrogens (tertiary/aromatic N) is 3. The van der Waals surface area contributed by atoms with Crippen LogP contribution in [0.15, 0.2) is 65.2 Å². The molecule has 1 aromatic heterocycles. The minimum absolute atomic E-state index is 0.271. The molecule has 1 aliphatic rings. The minimum Gasteiger partial charge on any atom is -0.465 e. The van der Waals surface area contributed by atoms with Crippen molar-refractivity contribution in [3.05, 3.63) is 72.1 Å². The highest BCUT2D eigenvalue weighted by molar-refractivity contribution is 5.81. The normalized spacial score (nSPS) is 15.0. The third-order valence-electron chi connectivity index (χ3n) is 5.94. The van der Waals surface area contributed by atoms with Crippen molar-refractivity contribution in [1.29, 1.82) is 0 Å². The lowest BCUT2D eigenvalue weighted by Gasteiger charge is -2.23. The van der Waals surface area contributed by atoms with Crippen LogP contribution in [0.1, 0.15) is 37.2 Å². The molecule has 1 saturated heterocycles. The fourth-order valence-corrected chi connectivity index (χ4v) is 3.84. The second-order valence-corrected chi connectivity index (χ2v) is 9.00. The van der Waals surface area contributed by atoms with E-state index in [0.717, 1.165) is 5.56 Å². The summed E-state index contributed by atoms with van der Waals surface area (Å²) in [7, 11) is 0. The maximum Gasteiger partial charge on any atom is 0.407 e. The van der Waals surface area contributed by atoms with Crippen molar-refractivity contribution in [3.63, 3.8) is 0 Å². The maximum absolute atomic E-state index is 14.4. The van der Waals surface area contributed by atoms with Gasteiger partial charge in [-0.3, -0.25) is 4.79 Å². The number of carboxylic acid groups (broad SMARTS) is 1. The second-order valence-electron chi connectivity index (χ2n) is 9.00. The Balaban J connectivity index is 0.000000395. The zero-order valence-electron chi connectivity index (χ0n) is 21.6. The van der Waals surface area contributed by atoms with Crippen LogP contribution in [0.2, 0.25) is 0 Å². The van der Waals surface area contributed by atoms with Crippen molar-refractivity contribution in [1.82, 2.24) is 20.4 Å². The van der Waals surface area contributed by atoms with E-state index in [2.05, 4.69) is 15.5 Å². The third-order valence-corrected chi connectivity index (χ3v) is 5.94. The second kappa shape index (κ2) is 14.3. The summed E-state index contributed by atoms with van der Waals surface area (Å²) < 4.78 is 38.9. The third kappa shape index (κ3) is 9.41. The molecule has 2 heterocycles. The molecular formula is C27H33F2N5O5. The first-order chi connectivity index (χ1) is 18.7. The number of alkyl halides is 2. The van der Waals surface area contributed by atoms with Crippen LogP contribution in [-0.2, 0) is 16.0 Å². The number of nitrogens with two attached hydrogens (primary N) is 1. The summed E-state index contributed by atoms with van der Waals surface area (Å²) in [5.41, 5.74) is 7.01. The Morgan fingerprint density at radius 1 is 1.10 bits per heavy atom. The number of halogens is 2. The van der Waals surface area contributed by atoms with Gasteiger partial charge >= 0.3 is 6.09 Å². The predicted molar refractivity (Wildman–Crippen MR) is 139 cm³/mol. The molecule has 0 bridgehead atoms. The Morgan fingerprint density at radius 3 is 2.28 bits per heavy atom. The Morgan fingerprint density at radius 2 is 1.72 bits per heavy atom. The number of carbonyl (C=O) groups is 2. The summed E-state index contributed by atoms with van der Waals surface area (Å²) in [5, 5.41) is 15.0. The fraction of sp³-hybridized carbons (Fsp3) is 0.407. The number of carbonyl (C=O) groups excluding carboxylic acids is 1. The molecule has 3 aromatic rings. The molecule has 210 valence electrons. The zero-order chi connectivity index (χ0) is 28.3. The molecule has 0 radical (unpaired) electrons. The molecule has 4 rings (SSSR count). The SMILES string of the molecule is CC[C@H](NC(=O)[C@@H](N)CC(F)(F)Cc1ccccc1)c1noc(-c2ccccc2)n1.O=C(O)N1CCOCC1. The number of ether oxygens (including phenoxy) is 1. The highest BCUT2D eigenvalue weighted by Crippen LogP contribution is 2.26. The van der Waals surface area contributed by atoms with E-state index in [1.54, 1.807) is 30.3 Å². The van der Waals surface area contributed by atoms with Gasteiger partial charge in [0.05, 0.1) is 25.3 Å². The fourth-order valence-electron chi connectivity index (χ4n) is 3.84. The molecule has 2 amide bonds. The van der Waals surface area contributed by atoms with Gasteiger partial charge in [0.1, 0.15) is 0 Å². The van der Waals surface area contributed by atoms with Gasteiger partial charge in [-0.1, -0.05) is 60.6 Å². The molecule has 12 heteroatoms. The van der Waals surface area contributed by atoms with Crippen molar-refractivity contribution >= 4 is 12.0 Å². The summed E-state index contributed by atoms with van der Waals surface area (Å²) in [4.78, 5) is 28.3. The molecule has 1 aliphatic heterocycles. The van der Waals surface area contributed by atoms with Crippen molar-refractivity contribution in [2.24, 2.45) is 5.73 Å². The number of rotatable bonds is 9. The van der Waals surface area contributed by atoms with Gasteiger partial charge in [0.25, 0.3) is 11.8 Å². The topological polar surface area (TPSA) is 144 Å². The first-order valence-electron chi connectivity index (χ1n) is 12.6. The molecule has 0 spiro atoms. The van der Waals surface area contributed by atoms with Crippen molar-refractivity contribution < 1.29 is 32.7 Å². The minimum atomic E-state index is -3.10. The number of aromatic nitrogens is 2. The number of nitrogens with one attached hydrogen (secondary N) is 1. The number of morpholine rings is 1. The molecule has 1 fully saturated rings. The Hall–Kier alpha value is -3.90. The lowest BCUT2D eigenvalue weighted by molar-refractivity contribution is -0.125. The van der Waals surface area contributed by atoms with E-state index >= 15 is 0 Å². The average molecular weight is 546 g/mol. The van der Waals surface area contributed by atoms with Crippen LogP contribution < -0.4 is 11.1 Å². The van der Waals surface area contributed by atoms with Gasteiger partial charge < -0.3 is 30.3 Å². The van der Waals surface area contributed by atoms with Crippen molar-refractivity contribution in [2.75, 3.05) is 26.3 Å². The molecule has 0 saturated carbocycles. The van der Waals surface area contributed by atoms with Crippen LogP contribution >= 0.6 is 0 Å². The molecular weight excluding hydrogens is 512 g/mol. The van der Waals surface area contributed by atoms with Gasteiger partial charge in [-0.05, 0) is 24.1 Å². The lowest BCUT2D eigenvalue weighted by atomic mass is 10.0. The van der Waals surface area contributed by atoms with Gasteiger partial charge in [0.15, 0.2) is 5.82 Å². The first-order valence-corrected chi connectivity index (χ1v) is 12.6. The van der Waals surface area contributed by atoms with Crippen LogP contribution in [0, 0.1) is 0 Å². The average Bonchev–Trinajstić information content (AvgIpc) is 3.43. The van der Waals surface area contributed by atoms with Crippen LogP contribution in [0.4, 0.5) is 13.6 Å². The largest absolute Gasteiger partial charge is 0.465 e. The first kappa shape index (κ1) is 29.7. The van der Waals surface area contributed by atoms with Crippen LogP contribution in [0.3, 0.4) is 0 Å². The predicted octanol–water partition coefficient (Wildman–Crippen LogP) is 3.90. The van der Waals surface area contributed by atoms with Crippen LogP contribution in [0.25, 0.3) is 11.5 Å². The number of benzene rings is 2. The Kier molecular flexibility index (Phi) is 10.9. The van der Waals surface area contributed by atoms with E-state index in [9.17, 15) is 18.4 Å². The van der Waals surface area contributed by atoms with Crippen molar-refractivity contribution in [3.8, 4) is 11.5 Å². The maximum atomic E-state index is 14.4. The number of hydrogen-bond acceptors (Lipinski definition) is 7. The van der Waals surface area contributed by atoms with E-state index in [4.69, 9.17) is 20.1 Å². The van der Waals surface area contributed by atoms with Crippen molar-refractivity contribution in [2.45, 2.75) is 44.2 Å². The monoisotopic (exact) mass is 545 g/mol. The zero-order valence-corrected chi connectivity index (χ0v) is 21.6. The van der Waals surface area contributed by atoms with E-state index in [-0.39, 0.29) is 5.82 Å². The summed E-state index contributed by atoms with van der Waals surface area (Å²) in [6, 6.07) is 15.6. The molecule has 39 heavy (non-hydrogen) atoms. The Labute approximate surface area is 225 Å². The summed E-state index contributed by atoms with van der Waals surface area (Å²) in [6.07, 6.45) is -1.63. The van der Waals surface area contributed by atoms with Gasteiger partial charge in [0.2, 0.25) is 5.91 Å². The Bertz CT molecular complexity index is 1170. The molecule has 4 N–H and O–H groups in total. The highest BCUT2D eigenvalue weighted by atomic mass is 19.3. The van der Waals surface area contributed by atoms with Gasteiger partial charge in [-0.25, -0.2) is 13.6 Å².